The van der Waals surface area contributed by atoms with Crippen LogP contribution in [-0.4, -0.2) is 18.3 Å². The van der Waals surface area contributed by atoms with E-state index in [1.807, 2.05) is 49.4 Å². The fraction of sp³-hybridized carbons (Fsp3) is 0.235. The summed E-state index contributed by atoms with van der Waals surface area (Å²) in [5, 5.41) is 0. The first-order valence-electron chi connectivity index (χ1n) is 6.74. The van der Waals surface area contributed by atoms with Crippen molar-refractivity contribution in [3.05, 3.63) is 65.7 Å². The molecule has 0 aliphatic rings. The monoisotopic (exact) mass is 286 g/mol. The second-order valence-electron chi connectivity index (χ2n) is 4.30. The molecule has 0 unspecified atom stereocenters. The van der Waals surface area contributed by atoms with E-state index in [9.17, 15) is 4.79 Å². The largest absolute Gasteiger partial charge is 0.462 e. The van der Waals surface area contributed by atoms with Crippen LogP contribution in [-0.2, 0) is 11.2 Å². The van der Waals surface area contributed by atoms with E-state index in [1.54, 1.807) is 11.8 Å². The molecule has 0 saturated carbocycles. The summed E-state index contributed by atoms with van der Waals surface area (Å²) in [4.78, 5) is 12.9. The summed E-state index contributed by atoms with van der Waals surface area (Å²) >= 11 is 1.70. The number of aryl methyl sites for hydroxylation is 1. The standard InChI is InChI=1S/C17H18O2S/c1-2-19-17(18)15-10-6-7-11-16(15)20-13-12-14-8-4-3-5-9-14/h3-11H,2,12-13H2,1H3. The highest BCUT2D eigenvalue weighted by atomic mass is 32.2. The normalized spacial score (nSPS) is 10.2. The lowest BCUT2D eigenvalue weighted by Crippen LogP contribution is -2.06. The zero-order chi connectivity index (χ0) is 14.2. The molecule has 2 aromatic rings. The minimum atomic E-state index is -0.240. The predicted molar refractivity (Wildman–Crippen MR) is 83.3 cm³/mol. The van der Waals surface area contributed by atoms with Crippen LogP contribution in [0.3, 0.4) is 0 Å². The third kappa shape index (κ3) is 4.14. The molecular weight excluding hydrogens is 268 g/mol. The molecular formula is C17H18O2S. The molecule has 2 rings (SSSR count). The molecule has 0 N–H and O–H groups in total. The highest BCUT2D eigenvalue weighted by molar-refractivity contribution is 7.99. The fourth-order valence-corrected chi connectivity index (χ4v) is 2.93. The van der Waals surface area contributed by atoms with Crippen LogP contribution >= 0.6 is 11.8 Å². The van der Waals surface area contributed by atoms with Gasteiger partial charge in [-0.2, -0.15) is 0 Å². The maximum atomic E-state index is 11.9. The Hall–Kier alpha value is -1.74. The van der Waals surface area contributed by atoms with Crippen LogP contribution in [0.1, 0.15) is 22.8 Å². The summed E-state index contributed by atoms with van der Waals surface area (Å²) in [5.74, 6) is 0.704. The SMILES string of the molecule is CCOC(=O)c1ccccc1SCCc1ccccc1. The smallest absolute Gasteiger partial charge is 0.339 e. The molecule has 0 saturated heterocycles. The van der Waals surface area contributed by atoms with E-state index in [2.05, 4.69) is 12.1 Å². The Labute approximate surface area is 124 Å². The topological polar surface area (TPSA) is 26.3 Å². The van der Waals surface area contributed by atoms with Crippen molar-refractivity contribution in [3.63, 3.8) is 0 Å². The number of esters is 1. The average molecular weight is 286 g/mol. The Kier molecular flexibility index (Phi) is 5.69. The Morgan fingerprint density at radius 1 is 1.05 bits per heavy atom. The van der Waals surface area contributed by atoms with Crippen molar-refractivity contribution in [3.8, 4) is 0 Å². The van der Waals surface area contributed by atoms with Gasteiger partial charge in [0.25, 0.3) is 0 Å². The summed E-state index contributed by atoms with van der Waals surface area (Å²) in [6.45, 7) is 2.23. The number of rotatable bonds is 6. The van der Waals surface area contributed by atoms with E-state index in [1.165, 1.54) is 5.56 Å². The van der Waals surface area contributed by atoms with E-state index < -0.39 is 0 Å². The van der Waals surface area contributed by atoms with Crippen molar-refractivity contribution >= 4 is 17.7 Å². The van der Waals surface area contributed by atoms with E-state index in [-0.39, 0.29) is 5.97 Å². The Morgan fingerprint density at radius 2 is 1.75 bits per heavy atom. The lowest BCUT2D eigenvalue weighted by atomic mass is 10.2. The maximum absolute atomic E-state index is 11.9. The second-order valence-corrected chi connectivity index (χ2v) is 5.44. The molecule has 104 valence electrons. The molecule has 0 aliphatic heterocycles. The Morgan fingerprint density at radius 3 is 2.50 bits per heavy atom. The lowest BCUT2D eigenvalue weighted by molar-refractivity contribution is 0.0522. The zero-order valence-corrected chi connectivity index (χ0v) is 12.4. The van der Waals surface area contributed by atoms with Crippen molar-refractivity contribution in [1.82, 2.24) is 0 Å². The van der Waals surface area contributed by atoms with Crippen LogP contribution in [0.5, 0.6) is 0 Å². The third-order valence-electron chi connectivity index (χ3n) is 2.87. The number of carbonyl (C=O) groups excluding carboxylic acids is 1. The van der Waals surface area contributed by atoms with Crippen LogP contribution in [0.25, 0.3) is 0 Å². The molecule has 2 nitrogen and oxygen atoms in total. The summed E-state index contributed by atoms with van der Waals surface area (Å²) in [6, 6.07) is 18.0. The van der Waals surface area contributed by atoms with Crippen LogP contribution in [0, 0.1) is 0 Å². The van der Waals surface area contributed by atoms with Crippen LogP contribution in [0.2, 0.25) is 0 Å². The summed E-state index contributed by atoms with van der Waals surface area (Å²) in [7, 11) is 0. The minimum absolute atomic E-state index is 0.240. The van der Waals surface area contributed by atoms with Gasteiger partial charge in [-0.1, -0.05) is 42.5 Å². The average Bonchev–Trinajstić information content (AvgIpc) is 2.49. The van der Waals surface area contributed by atoms with Gasteiger partial charge < -0.3 is 4.74 Å². The summed E-state index contributed by atoms with van der Waals surface area (Å²) in [6.07, 6.45) is 0.989. The highest BCUT2D eigenvalue weighted by Gasteiger charge is 2.11. The van der Waals surface area contributed by atoms with E-state index in [0.717, 1.165) is 17.1 Å². The van der Waals surface area contributed by atoms with Gasteiger partial charge in [-0.3, -0.25) is 0 Å². The molecule has 20 heavy (non-hydrogen) atoms. The third-order valence-corrected chi connectivity index (χ3v) is 3.95. The quantitative estimate of drug-likeness (QED) is 0.588. The molecule has 0 spiro atoms. The first-order chi connectivity index (χ1) is 9.81. The van der Waals surface area contributed by atoms with Crippen molar-refractivity contribution in [2.24, 2.45) is 0 Å². The first-order valence-corrected chi connectivity index (χ1v) is 7.72. The van der Waals surface area contributed by atoms with Gasteiger partial charge in [-0.15, -0.1) is 11.8 Å². The van der Waals surface area contributed by atoms with Crippen molar-refractivity contribution in [2.45, 2.75) is 18.2 Å². The van der Waals surface area contributed by atoms with Gasteiger partial charge in [-0.25, -0.2) is 4.79 Å². The number of thioether (sulfide) groups is 1. The number of benzene rings is 2. The van der Waals surface area contributed by atoms with Gasteiger partial charge in [0.05, 0.1) is 12.2 Å². The second kappa shape index (κ2) is 7.75. The van der Waals surface area contributed by atoms with Gasteiger partial charge in [0, 0.05) is 10.6 Å². The fourth-order valence-electron chi connectivity index (χ4n) is 1.89. The van der Waals surface area contributed by atoms with E-state index in [0.29, 0.717) is 12.2 Å². The Balaban J connectivity index is 1.97. The maximum Gasteiger partial charge on any atom is 0.339 e. The molecule has 0 aromatic heterocycles. The van der Waals surface area contributed by atoms with Gasteiger partial charge in [0.15, 0.2) is 0 Å². The Bertz CT molecular complexity index is 552. The van der Waals surface area contributed by atoms with Crippen molar-refractivity contribution in [1.29, 1.82) is 0 Å². The lowest BCUT2D eigenvalue weighted by Gasteiger charge is -2.08. The molecule has 3 heteroatoms. The number of carbonyl (C=O) groups is 1. The minimum Gasteiger partial charge on any atom is -0.462 e. The molecule has 0 heterocycles. The van der Waals surface area contributed by atoms with Gasteiger partial charge >= 0.3 is 5.97 Å². The first kappa shape index (κ1) is 14.7. The molecule has 0 aliphatic carbocycles. The summed E-state index contributed by atoms with van der Waals surface area (Å²) < 4.78 is 5.08. The number of hydrogen-bond donors (Lipinski definition) is 0. The number of hydrogen-bond acceptors (Lipinski definition) is 3. The molecule has 0 fully saturated rings. The molecule has 2 aromatic carbocycles. The molecule has 0 amide bonds. The van der Waals surface area contributed by atoms with Crippen molar-refractivity contribution in [2.75, 3.05) is 12.4 Å². The van der Waals surface area contributed by atoms with Gasteiger partial charge in [0.2, 0.25) is 0 Å². The predicted octanol–water partition coefficient (Wildman–Crippen LogP) is 4.20. The van der Waals surface area contributed by atoms with Crippen LogP contribution in [0.4, 0.5) is 0 Å². The van der Waals surface area contributed by atoms with Gasteiger partial charge in [-0.05, 0) is 31.0 Å². The zero-order valence-electron chi connectivity index (χ0n) is 11.5. The van der Waals surface area contributed by atoms with Crippen LogP contribution < -0.4 is 0 Å². The van der Waals surface area contributed by atoms with Crippen LogP contribution in [0.15, 0.2) is 59.5 Å². The van der Waals surface area contributed by atoms with E-state index in [4.69, 9.17) is 4.74 Å². The summed E-state index contributed by atoms with van der Waals surface area (Å²) in [5.41, 5.74) is 1.97. The van der Waals surface area contributed by atoms with Gasteiger partial charge in [0.1, 0.15) is 0 Å². The number of ether oxygens (including phenoxy) is 1. The molecule has 0 bridgehead atoms. The molecule has 0 atom stereocenters. The van der Waals surface area contributed by atoms with E-state index >= 15 is 0 Å². The van der Waals surface area contributed by atoms with Crippen molar-refractivity contribution < 1.29 is 9.53 Å². The molecule has 0 radical (unpaired) electrons. The highest BCUT2D eigenvalue weighted by Crippen LogP contribution is 2.24.